The fraction of sp³-hybridized carbons (Fsp3) is 0.348. The lowest BCUT2D eigenvalue weighted by Gasteiger charge is -2.35. The molecule has 5 rings (SSSR count). The van der Waals surface area contributed by atoms with Gasteiger partial charge in [0, 0.05) is 48.5 Å². The molecule has 0 spiro atoms. The van der Waals surface area contributed by atoms with Gasteiger partial charge >= 0.3 is 0 Å². The molecule has 160 valence electrons. The quantitative estimate of drug-likeness (QED) is 0.582. The van der Waals surface area contributed by atoms with Gasteiger partial charge in [0.05, 0.1) is 5.02 Å². The lowest BCUT2D eigenvalue weighted by atomic mass is 10.0. The molecule has 2 aromatic heterocycles. The summed E-state index contributed by atoms with van der Waals surface area (Å²) in [5, 5.41) is 6.68. The molecule has 0 unspecified atom stereocenters. The second-order valence-electron chi connectivity index (χ2n) is 8.02. The van der Waals surface area contributed by atoms with Crippen molar-refractivity contribution in [2.75, 3.05) is 26.2 Å². The molecule has 3 heterocycles. The maximum Gasteiger partial charge on any atom is 0.259 e. The predicted molar refractivity (Wildman–Crippen MR) is 119 cm³/mol. The summed E-state index contributed by atoms with van der Waals surface area (Å²) < 4.78 is 5.34. The van der Waals surface area contributed by atoms with E-state index in [9.17, 15) is 9.59 Å². The Bertz CT molecular complexity index is 1120. The van der Waals surface area contributed by atoms with Crippen LogP contribution < -0.4 is 0 Å². The summed E-state index contributed by atoms with van der Waals surface area (Å²) >= 11 is 8.04. The van der Waals surface area contributed by atoms with Gasteiger partial charge in [-0.3, -0.25) is 9.59 Å². The summed E-state index contributed by atoms with van der Waals surface area (Å²) in [4.78, 5) is 31.2. The fourth-order valence-electron chi connectivity index (χ4n) is 4.27. The van der Waals surface area contributed by atoms with E-state index in [1.165, 1.54) is 4.88 Å². The molecule has 0 N–H and O–H groups in total. The number of carbonyl (C=O) groups is 2. The lowest BCUT2D eigenvalue weighted by Crippen LogP contribution is -2.51. The van der Waals surface area contributed by atoms with Gasteiger partial charge in [-0.15, -0.1) is 11.3 Å². The molecule has 1 aromatic carbocycles. The van der Waals surface area contributed by atoms with Crippen molar-refractivity contribution < 1.29 is 14.1 Å². The summed E-state index contributed by atoms with van der Waals surface area (Å²) in [5.41, 5.74) is 1.57. The van der Waals surface area contributed by atoms with Gasteiger partial charge in [-0.05, 0) is 30.9 Å². The van der Waals surface area contributed by atoms with Gasteiger partial charge in [-0.1, -0.05) is 41.0 Å². The van der Waals surface area contributed by atoms with Gasteiger partial charge in [0.15, 0.2) is 0 Å². The highest BCUT2D eigenvalue weighted by atomic mass is 35.5. The van der Waals surface area contributed by atoms with Crippen LogP contribution in [-0.2, 0) is 4.79 Å². The van der Waals surface area contributed by atoms with Crippen molar-refractivity contribution >= 4 is 34.8 Å². The Morgan fingerprint density at radius 3 is 2.55 bits per heavy atom. The smallest absolute Gasteiger partial charge is 0.259 e. The van der Waals surface area contributed by atoms with Gasteiger partial charge in [0.25, 0.3) is 5.91 Å². The average molecular weight is 456 g/mol. The van der Waals surface area contributed by atoms with Crippen LogP contribution in [0.1, 0.15) is 33.3 Å². The summed E-state index contributed by atoms with van der Waals surface area (Å²) in [6, 6.07) is 11.4. The number of halogens is 1. The monoisotopic (exact) mass is 455 g/mol. The maximum atomic E-state index is 13.3. The van der Waals surface area contributed by atoms with Crippen molar-refractivity contribution in [3.63, 3.8) is 0 Å². The van der Waals surface area contributed by atoms with Gasteiger partial charge in [-0.25, -0.2) is 0 Å². The van der Waals surface area contributed by atoms with Gasteiger partial charge < -0.3 is 14.3 Å². The van der Waals surface area contributed by atoms with Crippen LogP contribution >= 0.6 is 22.9 Å². The minimum absolute atomic E-state index is 0.0908. The van der Waals surface area contributed by atoms with Crippen LogP contribution in [-0.4, -0.2) is 52.9 Å². The first-order chi connectivity index (χ1) is 15.0. The van der Waals surface area contributed by atoms with Crippen LogP contribution in [0.4, 0.5) is 0 Å². The standard InChI is InChI=1S/C23H22ClN3O3S/c1-14-20(21(25-30-14)15-5-2-3-6-18(15)24)23(29)27-10-8-26(9-11-27)22(28)17-13-16(17)19-7-4-12-31-19/h2-7,12,16-17H,8-11,13H2,1H3/t16-,17-/m1/s1. The molecule has 6 nitrogen and oxygen atoms in total. The van der Waals surface area contributed by atoms with E-state index in [-0.39, 0.29) is 17.7 Å². The van der Waals surface area contributed by atoms with E-state index in [0.717, 1.165) is 6.42 Å². The molecule has 1 saturated carbocycles. The van der Waals surface area contributed by atoms with Crippen molar-refractivity contribution in [2.45, 2.75) is 19.3 Å². The van der Waals surface area contributed by atoms with E-state index >= 15 is 0 Å². The van der Waals surface area contributed by atoms with E-state index in [1.807, 2.05) is 29.2 Å². The third-order valence-corrected chi connectivity index (χ3v) is 7.43. The molecular weight excluding hydrogens is 434 g/mol. The number of nitrogens with zero attached hydrogens (tertiary/aromatic N) is 3. The van der Waals surface area contributed by atoms with E-state index in [4.69, 9.17) is 16.1 Å². The van der Waals surface area contributed by atoms with E-state index in [2.05, 4.69) is 16.6 Å². The van der Waals surface area contributed by atoms with Crippen molar-refractivity contribution in [3.05, 3.63) is 63.0 Å². The highest BCUT2D eigenvalue weighted by molar-refractivity contribution is 7.10. The molecule has 1 aliphatic heterocycles. The van der Waals surface area contributed by atoms with Gasteiger partial charge in [0.1, 0.15) is 17.0 Å². The zero-order valence-corrected chi connectivity index (χ0v) is 18.7. The summed E-state index contributed by atoms with van der Waals surface area (Å²) in [5.74, 6) is 1.00. The summed E-state index contributed by atoms with van der Waals surface area (Å²) in [7, 11) is 0. The number of thiophene rings is 1. The second-order valence-corrected chi connectivity index (χ2v) is 9.41. The number of aromatic nitrogens is 1. The molecular formula is C23H22ClN3O3S. The molecule has 2 fully saturated rings. The van der Waals surface area contributed by atoms with Crippen LogP contribution in [0.25, 0.3) is 11.3 Å². The minimum Gasteiger partial charge on any atom is -0.360 e. The van der Waals surface area contributed by atoms with Crippen LogP contribution in [0.3, 0.4) is 0 Å². The Kier molecular flexibility index (Phi) is 5.32. The number of carbonyl (C=O) groups excluding carboxylic acids is 2. The Labute approximate surface area is 189 Å². The van der Waals surface area contributed by atoms with Crippen molar-refractivity contribution in [3.8, 4) is 11.3 Å². The zero-order valence-electron chi connectivity index (χ0n) is 17.1. The SMILES string of the molecule is Cc1onc(-c2ccccc2Cl)c1C(=O)N1CCN(C(=O)[C@@H]2C[C@H]2c2cccs2)CC1. The van der Waals surface area contributed by atoms with E-state index in [1.54, 1.807) is 29.2 Å². The van der Waals surface area contributed by atoms with Crippen molar-refractivity contribution in [1.82, 2.24) is 15.0 Å². The Hall–Kier alpha value is -2.64. The molecule has 2 amide bonds. The van der Waals surface area contributed by atoms with Gasteiger partial charge in [-0.2, -0.15) is 0 Å². The lowest BCUT2D eigenvalue weighted by molar-refractivity contribution is -0.134. The second kappa shape index (κ2) is 8.13. The highest BCUT2D eigenvalue weighted by Crippen LogP contribution is 2.50. The van der Waals surface area contributed by atoms with Crippen molar-refractivity contribution in [2.24, 2.45) is 5.92 Å². The Morgan fingerprint density at radius 1 is 1.10 bits per heavy atom. The van der Waals surface area contributed by atoms with Crippen LogP contribution in [0.2, 0.25) is 5.02 Å². The first-order valence-corrected chi connectivity index (χ1v) is 11.6. The predicted octanol–water partition coefficient (Wildman–Crippen LogP) is 4.45. The maximum absolute atomic E-state index is 13.3. The van der Waals surface area contributed by atoms with Crippen LogP contribution in [0.5, 0.6) is 0 Å². The number of piperazine rings is 1. The normalized spacial score (nSPS) is 20.7. The fourth-order valence-corrected chi connectivity index (χ4v) is 5.40. The molecule has 0 bridgehead atoms. The van der Waals surface area contributed by atoms with Crippen LogP contribution in [0.15, 0.2) is 46.3 Å². The third-order valence-electron chi connectivity index (χ3n) is 6.10. The molecule has 3 aromatic rings. The number of hydrogen-bond acceptors (Lipinski definition) is 5. The van der Waals surface area contributed by atoms with Crippen molar-refractivity contribution in [1.29, 1.82) is 0 Å². The summed E-state index contributed by atoms with van der Waals surface area (Å²) in [6.07, 6.45) is 0.930. The summed E-state index contributed by atoms with van der Waals surface area (Å²) in [6.45, 7) is 3.81. The highest BCUT2D eigenvalue weighted by Gasteiger charge is 2.46. The van der Waals surface area contributed by atoms with Gasteiger partial charge in [0.2, 0.25) is 5.91 Å². The number of aryl methyl sites for hydroxylation is 1. The molecule has 1 aliphatic carbocycles. The molecule has 2 atom stereocenters. The zero-order chi connectivity index (χ0) is 21.5. The number of rotatable bonds is 4. The first kappa shape index (κ1) is 20.3. The van der Waals surface area contributed by atoms with E-state index < -0.39 is 0 Å². The largest absolute Gasteiger partial charge is 0.360 e. The number of benzene rings is 1. The van der Waals surface area contributed by atoms with Crippen LogP contribution in [0, 0.1) is 12.8 Å². The Balaban J connectivity index is 1.26. The molecule has 31 heavy (non-hydrogen) atoms. The number of amides is 2. The number of hydrogen-bond donors (Lipinski definition) is 0. The molecule has 2 aliphatic rings. The Morgan fingerprint density at radius 2 is 1.84 bits per heavy atom. The molecule has 0 radical (unpaired) electrons. The third kappa shape index (κ3) is 3.77. The molecule has 1 saturated heterocycles. The minimum atomic E-state index is -0.136. The topological polar surface area (TPSA) is 66.7 Å². The van der Waals surface area contributed by atoms with E-state index in [0.29, 0.717) is 59.7 Å². The first-order valence-electron chi connectivity index (χ1n) is 10.4. The average Bonchev–Trinajstić information content (AvgIpc) is 3.20. The molecule has 8 heteroatoms.